The Labute approximate surface area is 90.4 Å². The van der Waals surface area contributed by atoms with E-state index in [1.807, 2.05) is 0 Å². The molecule has 1 rings (SSSR count). The van der Waals surface area contributed by atoms with E-state index >= 15 is 0 Å². The molecule has 0 bridgehead atoms. The quantitative estimate of drug-likeness (QED) is 0.718. The van der Waals surface area contributed by atoms with Gasteiger partial charge < -0.3 is 10.1 Å². The lowest BCUT2D eigenvalue weighted by Gasteiger charge is -2.30. The van der Waals surface area contributed by atoms with Gasteiger partial charge in [0, 0.05) is 13.0 Å². The van der Waals surface area contributed by atoms with Crippen molar-refractivity contribution in [2.75, 3.05) is 6.61 Å². The lowest BCUT2D eigenvalue weighted by Crippen LogP contribution is -2.44. The number of hydrogen-bond donors (Lipinski definition) is 1. The number of ether oxygens (including phenoxy) is 1. The highest BCUT2D eigenvalue weighted by Gasteiger charge is 2.32. The molecule has 0 aromatic carbocycles. The topological polar surface area (TPSA) is 55.4 Å². The first-order valence-electron chi connectivity index (χ1n) is 5.59. The molecule has 0 unspecified atom stereocenters. The highest BCUT2D eigenvalue weighted by Crippen LogP contribution is 2.25. The summed E-state index contributed by atoms with van der Waals surface area (Å²) in [4.78, 5) is 22.6. The van der Waals surface area contributed by atoms with Crippen LogP contribution in [0.2, 0.25) is 0 Å². The van der Waals surface area contributed by atoms with Crippen LogP contribution in [0.4, 0.5) is 0 Å². The van der Waals surface area contributed by atoms with E-state index in [0.717, 1.165) is 25.7 Å². The normalized spacial score (nSPS) is 25.7. The van der Waals surface area contributed by atoms with Crippen molar-refractivity contribution in [2.45, 2.75) is 45.6 Å². The van der Waals surface area contributed by atoms with E-state index in [0.29, 0.717) is 6.61 Å². The minimum Gasteiger partial charge on any atom is -0.466 e. The van der Waals surface area contributed by atoms with Crippen molar-refractivity contribution in [1.29, 1.82) is 0 Å². The smallest absolute Gasteiger partial charge is 0.311 e. The summed E-state index contributed by atoms with van der Waals surface area (Å²) in [6.07, 6.45) is 3.81. The van der Waals surface area contributed by atoms with Gasteiger partial charge in [-0.1, -0.05) is 12.8 Å². The van der Waals surface area contributed by atoms with Crippen LogP contribution in [-0.2, 0) is 14.3 Å². The van der Waals surface area contributed by atoms with Crippen molar-refractivity contribution in [3.63, 3.8) is 0 Å². The van der Waals surface area contributed by atoms with Gasteiger partial charge in [-0.25, -0.2) is 0 Å². The van der Waals surface area contributed by atoms with Crippen LogP contribution in [0, 0.1) is 5.92 Å². The first-order valence-corrected chi connectivity index (χ1v) is 5.59. The molecule has 2 atom stereocenters. The molecule has 15 heavy (non-hydrogen) atoms. The van der Waals surface area contributed by atoms with E-state index in [4.69, 9.17) is 4.74 Å². The van der Waals surface area contributed by atoms with Gasteiger partial charge >= 0.3 is 5.97 Å². The lowest BCUT2D eigenvalue weighted by molar-refractivity contribution is -0.150. The summed E-state index contributed by atoms with van der Waals surface area (Å²) in [5, 5.41) is 2.83. The van der Waals surface area contributed by atoms with Gasteiger partial charge in [0.2, 0.25) is 5.91 Å². The van der Waals surface area contributed by atoms with Crippen molar-refractivity contribution >= 4 is 11.9 Å². The van der Waals surface area contributed by atoms with Gasteiger partial charge in [0.1, 0.15) is 0 Å². The van der Waals surface area contributed by atoms with E-state index in [-0.39, 0.29) is 23.8 Å². The Bertz CT molecular complexity index is 240. The highest BCUT2D eigenvalue weighted by atomic mass is 16.5. The average Bonchev–Trinajstić information content (AvgIpc) is 2.18. The van der Waals surface area contributed by atoms with E-state index in [9.17, 15) is 9.59 Å². The van der Waals surface area contributed by atoms with E-state index < -0.39 is 0 Å². The van der Waals surface area contributed by atoms with E-state index in [1.54, 1.807) is 6.92 Å². The molecule has 0 aromatic heterocycles. The van der Waals surface area contributed by atoms with Crippen molar-refractivity contribution in [1.82, 2.24) is 5.32 Å². The Hall–Kier alpha value is -1.06. The summed E-state index contributed by atoms with van der Waals surface area (Å²) in [6.45, 7) is 3.69. The molecule has 4 heteroatoms. The fourth-order valence-electron chi connectivity index (χ4n) is 2.10. The average molecular weight is 213 g/mol. The Balaban J connectivity index is 2.56. The molecule has 0 radical (unpaired) electrons. The Morgan fingerprint density at radius 2 is 2.00 bits per heavy atom. The maximum atomic E-state index is 11.6. The minimum atomic E-state index is -0.170. The van der Waals surface area contributed by atoms with Crippen LogP contribution >= 0.6 is 0 Å². The molecule has 1 saturated carbocycles. The molecular weight excluding hydrogens is 194 g/mol. The highest BCUT2D eigenvalue weighted by molar-refractivity contribution is 5.77. The van der Waals surface area contributed by atoms with Crippen LogP contribution in [0.1, 0.15) is 39.5 Å². The number of rotatable bonds is 3. The summed E-state index contributed by atoms with van der Waals surface area (Å²) in [5.74, 6) is -0.394. The van der Waals surface area contributed by atoms with Gasteiger partial charge in [-0.15, -0.1) is 0 Å². The summed E-state index contributed by atoms with van der Waals surface area (Å²) >= 11 is 0. The third-order valence-corrected chi connectivity index (χ3v) is 2.74. The molecule has 0 spiro atoms. The second-order valence-electron chi connectivity index (χ2n) is 3.95. The first kappa shape index (κ1) is 12.0. The molecule has 1 N–H and O–H groups in total. The van der Waals surface area contributed by atoms with Crippen molar-refractivity contribution in [3.8, 4) is 0 Å². The third kappa shape index (κ3) is 3.53. The number of hydrogen-bond acceptors (Lipinski definition) is 3. The molecule has 4 nitrogen and oxygen atoms in total. The minimum absolute atomic E-state index is 0.0321. The molecule has 0 aromatic rings. The van der Waals surface area contributed by atoms with Crippen LogP contribution in [-0.4, -0.2) is 24.5 Å². The monoisotopic (exact) mass is 213 g/mol. The summed E-state index contributed by atoms with van der Waals surface area (Å²) in [5.41, 5.74) is 0. The fourth-order valence-corrected chi connectivity index (χ4v) is 2.10. The molecule has 0 aliphatic heterocycles. The van der Waals surface area contributed by atoms with Gasteiger partial charge in [0.25, 0.3) is 0 Å². The SMILES string of the molecule is CCOC(=O)[C@H]1CCCC[C@H]1NC(C)=O. The van der Waals surface area contributed by atoms with Crippen LogP contribution in [0.15, 0.2) is 0 Å². The number of amides is 1. The fraction of sp³-hybridized carbons (Fsp3) is 0.818. The van der Waals surface area contributed by atoms with Crippen molar-refractivity contribution < 1.29 is 14.3 Å². The second-order valence-corrected chi connectivity index (χ2v) is 3.95. The third-order valence-electron chi connectivity index (χ3n) is 2.74. The number of carbonyl (C=O) groups is 2. The Kier molecular flexibility index (Phi) is 4.59. The van der Waals surface area contributed by atoms with Crippen LogP contribution in [0.25, 0.3) is 0 Å². The first-order chi connectivity index (χ1) is 7.15. The van der Waals surface area contributed by atoms with E-state index in [1.165, 1.54) is 6.92 Å². The summed E-state index contributed by atoms with van der Waals surface area (Å²) < 4.78 is 5.00. The predicted octanol–water partition coefficient (Wildman–Crippen LogP) is 1.24. The molecular formula is C11H19NO3. The zero-order valence-electron chi connectivity index (χ0n) is 9.41. The number of esters is 1. The molecule has 1 aliphatic carbocycles. The van der Waals surface area contributed by atoms with E-state index in [2.05, 4.69) is 5.32 Å². The molecule has 0 heterocycles. The molecule has 1 amide bonds. The largest absolute Gasteiger partial charge is 0.466 e. The maximum absolute atomic E-state index is 11.6. The Morgan fingerprint density at radius 1 is 1.33 bits per heavy atom. The van der Waals surface area contributed by atoms with Crippen LogP contribution in [0.5, 0.6) is 0 Å². The van der Waals surface area contributed by atoms with Crippen LogP contribution < -0.4 is 5.32 Å². The van der Waals surface area contributed by atoms with Crippen molar-refractivity contribution in [3.05, 3.63) is 0 Å². The predicted molar refractivity (Wildman–Crippen MR) is 56.2 cm³/mol. The molecule has 86 valence electrons. The van der Waals surface area contributed by atoms with Gasteiger partial charge in [0.05, 0.1) is 12.5 Å². The van der Waals surface area contributed by atoms with Crippen molar-refractivity contribution in [2.24, 2.45) is 5.92 Å². The van der Waals surface area contributed by atoms with Gasteiger partial charge in [-0.3, -0.25) is 9.59 Å². The lowest BCUT2D eigenvalue weighted by atomic mass is 9.84. The molecule has 1 aliphatic rings. The second kappa shape index (κ2) is 5.73. The summed E-state index contributed by atoms with van der Waals surface area (Å²) in [6, 6.07) is -0.0321. The Morgan fingerprint density at radius 3 is 2.60 bits per heavy atom. The zero-order valence-corrected chi connectivity index (χ0v) is 9.41. The summed E-state index contributed by atoms with van der Waals surface area (Å²) in [7, 11) is 0. The number of carbonyl (C=O) groups excluding carboxylic acids is 2. The van der Waals surface area contributed by atoms with Gasteiger partial charge in [-0.05, 0) is 19.8 Å². The maximum Gasteiger partial charge on any atom is 0.311 e. The molecule has 0 saturated heterocycles. The standard InChI is InChI=1S/C11H19NO3/c1-3-15-11(14)9-6-4-5-7-10(9)12-8(2)13/h9-10H,3-7H2,1-2H3,(H,12,13)/t9-,10+/m0/s1. The number of nitrogens with one attached hydrogen (secondary N) is 1. The zero-order chi connectivity index (χ0) is 11.3. The molecule has 1 fully saturated rings. The van der Waals surface area contributed by atoms with Crippen LogP contribution in [0.3, 0.4) is 0 Å². The van der Waals surface area contributed by atoms with Gasteiger partial charge in [0.15, 0.2) is 0 Å². The van der Waals surface area contributed by atoms with Gasteiger partial charge in [-0.2, -0.15) is 0 Å².